The third-order valence-corrected chi connectivity index (χ3v) is 2.25. The second kappa shape index (κ2) is 4.94. The van der Waals surface area contributed by atoms with E-state index in [4.69, 9.17) is 10.5 Å². The van der Waals surface area contributed by atoms with Crippen LogP contribution in [0, 0.1) is 0 Å². The lowest BCUT2D eigenvalue weighted by molar-refractivity contribution is -0.144. The minimum Gasteiger partial charge on any atom is -0.466 e. The summed E-state index contributed by atoms with van der Waals surface area (Å²) in [7, 11) is 0. The topological polar surface area (TPSA) is 52.3 Å². The molecule has 82 valence electrons. The van der Waals surface area contributed by atoms with Crippen LogP contribution < -0.4 is 5.73 Å². The Kier molecular flexibility index (Phi) is 3.86. The van der Waals surface area contributed by atoms with E-state index in [1.54, 1.807) is 6.92 Å². The maximum Gasteiger partial charge on any atom is 0.307 e. The van der Waals surface area contributed by atoms with Crippen LogP contribution in [0.25, 0.3) is 0 Å². The van der Waals surface area contributed by atoms with Gasteiger partial charge < -0.3 is 10.5 Å². The molecule has 15 heavy (non-hydrogen) atoms. The fourth-order valence-corrected chi connectivity index (χ4v) is 1.43. The predicted octanol–water partition coefficient (Wildman–Crippen LogP) is 1.81. The van der Waals surface area contributed by atoms with Gasteiger partial charge in [0.1, 0.15) is 0 Å². The lowest BCUT2D eigenvalue weighted by Crippen LogP contribution is -2.36. The molecule has 3 heteroatoms. The predicted molar refractivity (Wildman–Crippen MR) is 59.2 cm³/mol. The number of ether oxygens (including phenoxy) is 1. The van der Waals surface area contributed by atoms with E-state index in [-0.39, 0.29) is 12.4 Å². The summed E-state index contributed by atoms with van der Waals surface area (Å²) in [5.41, 5.74) is 6.35. The third-order valence-electron chi connectivity index (χ3n) is 2.25. The monoisotopic (exact) mass is 207 g/mol. The van der Waals surface area contributed by atoms with E-state index in [0.29, 0.717) is 6.61 Å². The fourth-order valence-electron chi connectivity index (χ4n) is 1.43. The number of hydrogen-bond donors (Lipinski definition) is 1. The van der Waals surface area contributed by atoms with Crippen LogP contribution in [0.4, 0.5) is 0 Å². The zero-order chi connectivity index (χ0) is 11.3. The van der Waals surface area contributed by atoms with Gasteiger partial charge in [-0.05, 0) is 19.4 Å². The molecule has 1 unspecified atom stereocenters. The van der Waals surface area contributed by atoms with Crippen molar-refractivity contribution in [1.29, 1.82) is 0 Å². The Morgan fingerprint density at radius 1 is 1.40 bits per heavy atom. The van der Waals surface area contributed by atoms with Gasteiger partial charge in [0.05, 0.1) is 13.0 Å². The second-order valence-electron chi connectivity index (χ2n) is 3.77. The zero-order valence-electron chi connectivity index (χ0n) is 9.19. The van der Waals surface area contributed by atoms with Crippen LogP contribution in [-0.4, -0.2) is 12.6 Å². The number of nitrogens with two attached hydrogens (primary N) is 1. The normalized spacial score (nSPS) is 14.3. The van der Waals surface area contributed by atoms with Gasteiger partial charge in [-0.15, -0.1) is 0 Å². The van der Waals surface area contributed by atoms with E-state index >= 15 is 0 Å². The summed E-state index contributed by atoms with van der Waals surface area (Å²) in [4.78, 5) is 11.3. The average molecular weight is 207 g/mol. The van der Waals surface area contributed by atoms with Crippen molar-refractivity contribution in [3.63, 3.8) is 0 Å². The standard InChI is InChI=1S/C12H17NO2/c1-3-15-11(14)9-12(2,13)10-7-5-4-6-8-10/h4-8H,3,9,13H2,1-2H3. The summed E-state index contributed by atoms with van der Waals surface area (Å²) in [5.74, 6) is -0.258. The molecule has 3 nitrogen and oxygen atoms in total. The van der Waals surface area contributed by atoms with Crippen molar-refractivity contribution < 1.29 is 9.53 Å². The highest BCUT2D eigenvalue weighted by molar-refractivity contribution is 5.71. The summed E-state index contributed by atoms with van der Waals surface area (Å²) in [6, 6.07) is 9.57. The van der Waals surface area contributed by atoms with E-state index in [1.165, 1.54) is 0 Å². The minimum absolute atomic E-state index is 0.199. The van der Waals surface area contributed by atoms with Gasteiger partial charge in [0, 0.05) is 5.54 Å². The van der Waals surface area contributed by atoms with Gasteiger partial charge in [0.2, 0.25) is 0 Å². The van der Waals surface area contributed by atoms with Crippen LogP contribution in [0.3, 0.4) is 0 Å². The van der Waals surface area contributed by atoms with Crippen molar-refractivity contribution in [2.45, 2.75) is 25.8 Å². The molecule has 0 saturated heterocycles. The first-order valence-corrected chi connectivity index (χ1v) is 5.06. The summed E-state index contributed by atoms with van der Waals surface area (Å²) in [6.07, 6.45) is 0.199. The summed E-state index contributed by atoms with van der Waals surface area (Å²) >= 11 is 0. The van der Waals surface area contributed by atoms with Crippen LogP contribution in [0.1, 0.15) is 25.8 Å². The highest BCUT2D eigenvalue weighted by atomic mass is 16.5. The summed E-state index contributed by atoms with van der Waals surface area (Å²) in [6.45, 7) is 4.01. The van der Waals surface area contributed by atoms with Gasteiger partial charge in [0.15, 0.2) is 0 Å². The molecule has 1 aromatic carbocycles. The molecule has 0 aliphatic carbocycles. The maximum absolute atomic E-state index is 11.3. The lowest BCUT2D eigenvalue weighted by Gasteiger charge is -2.23. The molecule has 1 aromatic rings. The molecule has 1 atom stereocenters. The van der Waals surface area contributed by atoms with Crippen LogP contribution in [0.2, 0.25) is 0 Å². The summed E-state index contributed by atoms with van der Waals surface area (Å²) < 4.78 is 4.88. The largest absolute Gasteiger partial charge is 0.466 e. The average Bonchev–Trinajstić information content (AvgIpc) is 2.18. The number of carbonyl (C=O) groups is 1. The maximum atomic E-state index is 11.3. The SMILES string of the molecule is CCOC(=O)CC(C)(N)c1ccccc1. The Bertz CT molecular complexity index is 320. The van der Waals surface area contributed by atoms with Gasteiger partial charge in [-0.2, -0.15) is 0 Å². The van der Waals surface area contributed by atoms with E-state index in [1.807, 2.05) is 37.3 Å². The quantitative estimate of drug-likeness (QED) is 0.766. The van der Waals surface area contributed by atoms with E-state index in [2.05, 4.69) is 0 Å². The smallest absolute Gasteiger partial charge is 0.307 e. The Hall–Kier alpha value is -1.35. The molecule has 0 aromatic heterocycles. The van der Waals surface area contributed by atoms with Crippen LogP contribution in [0.5, 0.6) is 0 Å². The first-order valence-electron chi connectivity index (χ1n) is 5.06. The fraction of sp³-hybridized carbons (Fsp3) is 0.417. The Morgan fingerprint density at radius 2 is 2.00 bits per heavy atom. The number of benzene rings is 1. The molecule has 0 aliphatic rings. The zero-order valence-corrected chi connectivity index (χ0v) is 9.19. The van der Waals surface area contributed by atoms with Gasteiger partial charge in [-0.1, -0.05) is 30.3 Å². The van der Waals surface area contributed by atoms with Crippen molar-refractivity contribution >= 4 is 5.97 Å². The first-order chi connectivity index (χ1) is 7.06. The van der Waals surface area contributed by atoms with E-state index < -0.39 is 5.54 Å². The number of esters is 1. The van der Waals surface area contributed by atoms with Crippen molar-refractivity contribution in [2.75, 3.05) is 6.61 Å². The third kappa shape index (κ3) is 3.36. The molecular formula is C12H17NO2. The molecular weight excluding hydrogens is 190 g/mol. The molecule has 0 spiro atoms. The minimum atomic E-state index is -0.659. The molecule has 0 bridgehead atoms. The molecule has 0 saturated carbocycles. The van der Waals surface area contributed by atoms with Crippen molar-refractivity contribution in [2.24, 2.45) is 5.73 Å². The van der Waals surface area contributed by atoms with Crippen LogP contribution >= 0.6 is 0 Å². The molecule has 0 fully saturated rings. The molecule has 1 rings (SSSR count). The highest BCUT2D eigenvalue weighted by Crippen LogP contribution is 2.21. The summed E-state index contributed by atoms with van der Waals surface area (Å²) in [5, 5.41) is 0. The Balaban J connectivity index is 2.71. The van der Waals surface area contributed by atoms with E-state index in [9.17, 15) is 4.79 Å². The molecule has 0 heterocycles. The van der Waals surface area contributed by atoms with Gasteiger partial charge in [-0.3, -0.25) is 4.79 Å². The van der Waals surface area contributed by atoms with Crippen molar-refractivity contribution in [3.05, 3.63) is 35.9 Å². The van der Waals surface area contributed by atoms with Crippen LogP contribution in [-0.2, 0) is 15.1 Å². The molecule has 2 N–H and O–H groups in total. The van der Waals surface area contributed by atoms with Crippen LogP contribution in [0.15, 0.2) is 30.3 Å². The number of hydrogen-bond acceptors (Lipinski definition) is 3. The van der Waals surface area contributed by atoms with Gasteiger partial charge in [0.25, 0.3) is 0 Å². The van der Waals surface area contributed by atoms with Gasteiger partial charge >= 0.3 is 5.97 Å². The van der Waals surface area contributed by atoms with E-state index in [0.717, 1.165) is 5.56 Å². The Morgan fingerprint density at radius 3 is 2.53 bits per heavy atom. The molecule has 0 radical (unpaired) electrons. The number of carbonyl (C=O) groups excluding carboxylic acids is 1. The first kappa shape index (κ1) is 11.7. The van der Waals surface area contributed by atoms with Gasteiger partial charge in [-0.25, -0.2) is 0 Å². The lowest BCUT2D eigenvalue weighted by atomic mass is 9.90. The molecule has 0 aliphatic heterocycles. The molecule has 0 amide bonds. The highest BCUT2D eigenvalue weighted by Gasteiger charge is 2.25. The second-order valence-corrected chi connectivity index (χ2v) is 3.77. The van der Waals surface area contributed by atoms with Crippen molar-refractivity contribution in [1.82, 2.24) is 0 Å². The van der Waals surface area contributed by atoms with Crippen molar-refractivity contribution in [3.8, 4) is 0 Å². The Labute approximate surface area is 90.2 Å². The number of rotatable bonds is 4.